The second-order valence-electron chi connectivity index (χ2n) is 5.63. The Hall–Kier alpha value is -1.87. The Bertz CT molecular complexity index is 628. The molecule has 0 unspecified atom stereocenters. The molecule has 7 nitrogen and oxygen atoms in total. The average molecular weight is 306 g/mol. The standard InChI is InChI=1S/C14H17BNO6/c1-8(14(17)18)4-13-11-3-2-9(21-10-6-16-7-10)5-12(11)15(19,20)22-13/h2-3,5,10,13,16,19-20H,1,4,6-7H2,(H,17,18)/q-1/t13-/m1/s1. The summed E-state index contributed by atoms with van der Waals surface area (Å²) in [6.07, 6.45) is -0.685. The first-order valence-electron chi connectivity index (χ1n) is 7.06. The van der Waals surface area contributed by atoms with Crippen LogP contribution in [0, 0.1) is 0 Å². The molecule has 1 atom stereocenters. The summed E-state index contributed by atoms with van der Waals surface area (Å²) in [5, 5.41) is 32.1. The summed E-state index contributed by atoms with van der Waals surface area (Å²) in [6.45, 7) is 1.79. The van der Waals surface area contributed by atoms with E-state index in [1.807, 2.05) is 0 Å². The first kappa shape index (κ1) is 15.0. The minimum atomic E-state index is -3.17. The maximum atomic E-state index is 10.9. The monoisotopic (exact) mass is 306 g/mol. The highest BCUT2D eigenvalue weighted by atomic mass is 16.6. The van der Waals surface area contributed by atoms with Gasteiger partial charge in [-0.3, -0.25) is 0 Å². The van der Waals surface area contributed by atoms with Gasteiger partial charge in [-0.05, 0) is 12.1 Å². The fourth-order valence-corrected chi connectivity index (χ4v) is 2.63. The topological polar surface area (TPSA) is 108 Å². The number of benzene rings is 1. The van der Waals surface area contributed by atoms with E-state index in [2.05, 4.69) is 11.9 Å². The zero-order valence-electron chi connectivity index (χ0n) is 11.9. The molecule has 0 aromatic heterocycles. The van der Waals surface area contributed by atoms with Crippen molar-refractivity contribution in [3.8, 4) is 5.75 Å². The molecule has 22 heavy (non-hydrogen) atoms. The fourth-order valence-electron chi connectivity index (χ4n) is 2.63. The Balaban J connectivity index is 1.83. The van der Waals surface area contributed by atoms with Crippen LogP contribution in [0.5, 0.6) is 5.75 Å². The predicted molar refractivity (Wildman–Crippen MR) is 78.8 cm³/mol. The number of hydrogen-bond donors (Lipinski definition) is 4. The second kappa shape index (κ2) is 5.40. The summed E-state index contributed by atoms with van der Waals surface area (Å²) in [4.78, 5) is 10.9. The largest absolute Gasteiger partial charge is 0.556 e. The molecule has 2 aliphatic heterocycles. The van der Waals surface area contributed by atoms with E-state index in [9.17, 15) is 14.8 Å². The van der Waals surface area contributed by atoms with Gasteiger partial charge in [0.2, 0.25) is 0 Å². The molecular weight excluding hydrogens is 289 g/mol. The van der Waals surface area contributed by atoms with Crippen molar-refractivity contribution in [2.45, 2.75) is 18.6 Å². The molecule has 0 aliphatic carbocycles. The smallest absolute Gasteiger partial charge is 0.405 e. The van der Waals surface area contributed by atoms with E-state index in [-0.39, 0.29) is 23.6 Å². The average Bonchev–Trinajstić information content (AvgIpc) is 2.65. The van der Waals surface area contributed by atoms with Gasteiger partial charge in [-0.15, -0.1) is 5.46 Å². The summed E-state index contributed by atoms with van der Waals surface area (Å²) in [6, 6.07) is 4.93. The van der Waals surface area contributed by atoms with Crippen molar-refractivity contribution in [3.63, 3.8) is 0 Å². The quantitative estimate of drug-likeness (QED) is 0.419. The Morgan fingerprint density at radius 1 is 1.45 bits per heavy atom. The molecule has 1 fully saturated rings. The van der Waals surface area contributed by atoms with Crippen LogP contribution in [-0.2, 0) is 9.45 Å². The molecule has 3 rings (SSSR count). The molecule has 4 N–H and O–H groups in total. The highest BCUT2D eigenvalue weighted by molar-refractivity contribution is 6.74. The van der Waals surface area contributed by atoms with Crippen LogP contribution >= 0.6 is 0 Å². The van der Waals surface area contributed by atoms with Gasteiger partial charge in [0.1, 0.15) is 11.9 Å². The lowest BCUT2D eigenvalue weighted by atomic mass is 9.70. The van der Waals surface area contributed by atoms with Gasteiger partial charge in [-0.2, -0.15) is 0 Å². The Kier molecular flexibility index (Phi) is 3.69. The van der Waals surface area contributed by atoms with Crippen LogP contribution in [0.2, 0.25) is 0 Å². The zero-order valence-corrected chi connectivity index (χ0v) is 11.9. The van der Waals surface area contributed by atoms with E-state index >= 15 is 0 Å². The van der Waals surface area contributed by atoms with Gasteiger partial charge in [0.25, 0.3) is 0 Å². The van der Waals surface area contributed by atoms with Crippen LogP contribution in [0.25, 0.3) is 0 Å². The van der Waals surface area contributed by atoms with Crippen molar-refractivity contribution < 1.29 is 29.3 Å². The molecule has 2 aliphatic rings. The normalized spacial score (nSPS) is 22.7. The number of carbonyl (C=O) groups is 1. The number of rotatable bonds is 5. The molecule has 118 valence electrons. The lowest BCUT2D eigenvalue weighted by molar-refractivity contribution is -0.133. The number of nitrogens with one attached hydrogen (secondary N) is 1. The number of hydrogen-bond acceptors (Lipinski definition) is 6. The summed E-state index contributed by atoms with van der Waals surface area (Å²) in [5.41, 5.74) is 0.727. The Morgan fingerprint density at radius 2 is 2.18 bits per heavy atom. The predicted octanol–water partition coefficient (Wildman–Crippen LogP) is -0.730. The third-order valence-corrected chi connectivity index (χ3v) is 3.95. The minimum absolute atomic E-state index is 0.0142. The third kappa shape index (κ3) is 2.73. The van der Waals surface area contributed by atoms with Crippen LogP contribution in [-0.4, -0.2) is 47.1 Å². The lowest BCUT2D eigenvalue weighted by Gasteiger charge is -2.29. The SMILES string of the molecule is C=C(C[C@H]1O[B-](O)(O)c2cc(OC3CNC3)ccc21)C(=O)O. The molecule has 0 spiro atoms. The van der Waals surface area contributed by atoms with Crippen LogP contribution in [0.4, 0.5) is 0 Å². The van der Waals surface area contributed by atoms with Crippen molar-refractivity contribution in [3.05, 3.63) is 35.9 Å². The second-order valence-corrected chi connectivity index (χ2v) is 5.63. The van der Waals surface area contributed by atoms with Crippen LogP contribution in [0.3, 0.4) is 0 Å². The molecule has 0 bridgehead atoms. The van der Waals surface area contributed by atoms with E-state index in [4.69, 9.17) is 14.5 Å². The highest BCUT2D eigenvalue weighted by Crippen LogP contribution is 2.34. The number of carboxylic acids is 1. The maximum Gasteiger partial charge on any atom is 0.405 e. The van der Waals surface area contributed by atoms with Gasteiger partial charge < -0.3 is 29.9 Å². The molecular formula is C14H17BNO6-. The first-order chi connectivity index (χ1) is 10.4. The van der Waals surface area contributed by atoms with Crippen molar-refractivity contribution in [2.75, 3.05) is 13.1 Å². The summed E-state index contributed by atoms with van der Waals surface area (Å²) < 4.78 is 10.9. The first-order valence-corrected chi connectivity index (χ1v) is 7.06. The van der Waals surface area contributed by atoms with E-state index in [0.717, 1.165) is 13.1 Å². The zero-order chi connectivity index (χ0) is 15.9. The van der Waals surface area contributed by atoms with Crippen LogP contribution < -0.4 is 15.5 Å². The van der Waals surface area contributed by atoms with Crippen LogP contribution in [0.15, 0.2) is 30.4 Å². The van der Waals surface area contributed by atoms with Crippen molar-refractivity contribution in [1.82, 2.24) is 5.32 Å². The van der Waals surface area contributed by atoms with Crippen LogP contribution in [0.1, 0.15) is 18.1 Å². The Labute approximate surface area is 127 Å². The van der Waals surface area contributed by atoms with E-state index in [1.165, 1.54) is 6.07 Å². The molecule has 0 radical (unpaired) electrons. The third-order valence-electron chi connectivity index (χ3n) is 3.95. The number of aliphatic carboxylic acids is 1. The summed E-state index contributed by atoms with van der Waals surface area (Å²) >= 11 is 0. The van der Waals surface area contributed by atoms with E-state index < -0.39 is 18.8 Å². The molecule has 1 aromatic rings. The molecule has 0 saturated carbocycles. The van der Waals surface area contributed by atoms with Gasteiger partial charge in [-0.25, -0.2) is 4.79 Å². The number of carboxylic acid groups (broad SMARTS) is 1. The molecule has 0 amide bonds. The Morgan fingerprint density at radius 3 is 2.77 bits per heavy atom. The summed E-state index contributed by atoms with van der Waals surface area (Å²) in [5.74, 6) is -0.607. The highest BCUT2D eigenvalue weighted by Gasteiger charge is 2.38. The van der Waals surface area contributed by atoms with Crippen molar-refractivity contribution in [2.24, 2.45) is 0 Å². The van der Waals surface area contributed by atoms with Gasteiger partial charge in [0.05, 0.1) is 0 Å². The van der Waals surface area contributed by atoms with E-state index in [1.54, 1.807) is 12.1 Å². The summed E-state index contributed by atoms with van der Waals surface area (Å²) in [7, 11) is 0. The molecule has 8 heteroatoms. The lowest BCUT2D eigenvalue weighted by Crippen LogP contribution is -2.51. The van der Waals surface area contributed by atoms with Crippen molar-refractivity contribution >= 4 is 18.2 Å². The molecule has 2 heterocycles. The van der Waals surface area contributed by atoms with Gasteiger partial charge in [0, 0.05) is 31.2 Å². The molecule has 1 saturated heterocycles. The fraction of sp³-hybridized carbons (Fsp3) is 0.357. The number of fused-ring (bicyclic) bond motifs is 1. The molecule has 1 aromatic carbocycles. The van der Waals surface area contributed by atoms with Gasteiger partial charge in [-0.1, -0.05) is 18.2 Å². The van der Waals surface area contributed by atoms with Gasteiger partial charge in [0.15, 0.2) is 0 Å². The maximum absolute atomic E-state index is 10.9. The van der Waals surface area contributed by atoms with Gasteiger partial charge >= 0.3 is 12.7 Å². The van der Waals surface area contributed by atoms with Crippen molar-refractivity contribution in [1.29, 1.82) is 0 Å². The minimum Gasteiger partial charge on any atom is -0.556 e. The number of ether oxygens (including phenoxy) is 1. The van der Waals surface area contributed by atoms with E-state index in [0.29, 0.717) is 11.3 Å².